The lowest BCUT2D eigenvalue weighted by Gasteiger charge is -2.38. The molecule has 5 nitrogen and oxygen atoms in total. The number of hydrogen-bond donors (Lipinski definition) is 0. The molecule has 2 aliphatic rings. The van der Waals surface area contributed by atoms with Gasteiger partial charge in [0.15, 0.2) is 15.6 Å². The van der Waals surface area contributed by atoms with Crippen LogP contribution in [0.4, 0.5) is 0 Å². The summed E-state index contributed by atoms with van der Waals surface area (Å²) in [6, 6.07) is 5.49. The zero-order chi connectivity index (χ0) is 15.3. The average molecular weight is 318 g/mol. The second kappa shape index (κ2) is 4.91. The van der Waals surface area contributed by atoms with Crippen LogP contribution in [0.5, 0.6) is 0 Å². The highest BCUT2D eigenvalue weighted by Gasteiger charge is 2.46. The largest absolute Gasteiger partial charge is 0.297 e. The van der Waals surface area contributed by atoms with E-state index in [4.69, 9.17) is 0 Å². The Hall–Kier alpha value is -1.69. The lowest BCUT2D eigenvalue weighted by molar-refractivity contribution is 0.0887. The molecule has 4 heterocycles. The molecule has 2 aromatic rings. The van der Waals surface area contributed by atoms with Crippen LogP contribution in [-0.4, -0.2) is 34.1 Å². The lowest BCUT2D eigenvalue weighted by Crippen LogP contribution is -2.45. The highest BCUT2D eigenvalue weighted by molar-refractivity contribution is 7.92. The predicted octanol–water partition coefficient (Wildman–Crippen LogP) is 2.26. The minimum absolute atomic E-state index is 0.0513. The maximum absolute atomic E-state index is 12.9. The zero-order valence-electron chi connectivity index (χ0n) is 12.2. The summed E-state index contributed by atoms with van der Waals surface area (Å²) in [7, 11) is -3.02. The topological polar surface area (TPSA) is 68.5 Å². The second-order valence-electron chi connectivity index (χ2n) is 6.36. The van der Waals surface area contributed by atoms with Gasteiger partial charge in [0.1, 0.15) is 5.65 Å². The van der Waals surface area contributed by atoms with Crippen molar-refractivity contribution in [1.82, 2.24) is 9.38 Å². The Kier molecular flexibility index (Phi) is 3.11. The van der Waals surface area contributed by atoms with Gasteiger partial charge in [-0.25, -0.2) is 13.4 Å². The van der Waals surface area contributed by atoms with Gasteiger partial charge < -0.3 is 0 Å². The van der Waals surface area contributed by atoms with E-state index < -0.39 is 9.84 Å². The van der Waals surface area contributed by atoms with Crippen LogP contribution in [-0.2, 0) is 9.84 Å². The van der Waals surface area contributed by atoms with Crippen LogP contribution in [0.15, 0.2) is 30.6 Å². The fraction of sp³-hybridized carbons (Fsp3) is 0.500. The molecule has 2 unspecified atom stereocenters. The van der Waals surface area contributed by atoms with Crippen LogP contribution in [0, 0.1) is 5.92 Å². The van der Waals surface area contributed by atoms with Gasteiger partial charge in [-0.15, -0.1) is 0 Å². The predicted molar refractivity (Wildman–Crippen MR) is 82.6 cm³/mol. The number of imidazole rings is 1. The quantitative estimate of drug-likeness (QED) is 0.797. The van der Waals surface area contributed by atoms with Crippen LogP contribution >= 0.6 is 0 Å². The highest BCUT2D eigenvalue weighted by Crippen LogP contribution is 2.40. The molecule has 2 atom stereocenters. The number of fused-ring (bicyclic) bond motifs is 3. The van der Waals surface area contributed by atoms with Gasteiger partial charge in [0.25, 0.3) is 0 Å². The third kappa shape index (κ3) is 2.00. The van der Waals surface area contributed by atoms with E-state index in [1.165, 1.54) is 0 Å². The number of aromatic nitrogens is 2. The summed E-state index contributed by atoms with van der Waals surface area (Å²) in [6.45, 7) is 0. The minimum Gasteiger partial charge on any atom is -0.297 e. The first-order chi connectivity index (χ1) is 10.6. The molecule has 2 aromatic heterocycles. The summed E-state index contributed by atoms with van der Waals surface area (Å²) < 4.78 is 26.5. The molecule has 2 fully saturated rings. The first-order valence-electron chi connectivity index (χ1n) is 7.76. The molecule has 2 saturated heterocycles. The zero-order valence-corrected chi connectivity index (χ0v) is 13.0. The number of sulfone groups is 1. The molecule has 4 rings (SSSR count). The summed E-state index contributed by atoms with van der Waals surface area (Å²) in [6.07, 6.45) is 6.78. The number of carbonyl (C=O) groups is 1. The van der Waals surface area contributed by atoms with Crippen LogP contribution in [0.3, 0.4) is 0 Å². The normalized spacial score (nSPS) is 30.3. The van der Waals surface area contributed by atoms with Gasteiger partial charge in [-0.2, -0.15) is 0 Å². The van der Waals surface area contributed by atoms with E-state index in [0.29, 0.717) is 31.4 Å². The van der Waals surface area contributed by atoms with E-state index in [-0.39, 0.29) is 22.2 Å². The van der Waals surface area contributed by atoms with Crippen LogP contribution in [0.1, 0.15) is 42.6 Å². The molecule has 0 spiro atoms. The Morgan fingerprint density at radius 1 is 1.18 bits per heavy atom. The van der Waals surface area contributed by atoms with E-state index in [2.05, 4.69) is 4.98 Å². The van der Waals surface area contributed by atoms with Crippen molar-refractivity contribution in [3.8, 4) is 0 Å². The lowest BCUT2D eigenvalue weighted by atomic mass is 9.85. The highest BCUT2D eigenvalue weighted by atomic mass is 32.2. The number of nitrogens with zero attached hydrogens (tertiary/aromatic N) is 2. The van der Waals surface area contributed by atoms with Crippen molar-refractivity contribution in [1.29, 1.82) is 0 Å². The third-order valence-corrected chi connectivity index (χ3v) is 7.84. The molecule has 6 heteroatoms. The first kappa shape index (κ1) is 13.9. The number of rotatable bonds is 2. The molecular formula is C16H18N2O3S. The molecular weight excluding hydrogens is 300 g/mol. The molecule has 0 saturated carbocycles. The second-order valence-corrected chi connectivity index (χ2v) is 8.87. The minimum atomic E-state index is -3.02. The van der Waals surface area contributed by atoms with Gasteiger partial charge in [0.05, 0.1) is 16.2 Å². The Labute approximate surface area is 129 Å². The fourth-order valence-corrected chi connectivity index (χ4v) is 6.52. The summed E-state index contributed by atoms with van der Waals surface area (Å²) in [4.78, 5) is 17.1. The maximum atomic E-state index is 12.9. The van der Waals surface area contributed by atoms with Gasteiger partial charge in [0.2, 0.25) is 0 Å². The molecule has 0 aromatic carbocycles. The first-order valence-corrected chi connectivity index (χ1v) is 9.37. The summed E-state index contributed by atoms with van der Waals surface area (Å²) in [5, 5.41) is -0.646. The van der Waals surface area contributed by atoms with E-state index in [1.54, 1.807) is 22.9 Å². The number of hydrogen-bond acceptors (Lipinski definition) is 4. The van der Waals surface area contributed by atoms with Crippen LogP contribution < -0.4 is 0 Å². The molecule has 0 radical (unpaired) electrons. The Morgan fingerprint density at radius 2 is 1.91 bits per heavy atom. The SMILES string of the molecule is O=C(c1cccc2nccn12)C1CC2CCCC(C1)S2(=O)=O. The van der Waals surface area contributed by atoms with Crippen molar-refractivity contribution < 1.29 is 13.2 Å². The Bertz CT molecular complexity index is 820. The molecule has 116 valence electrons. The molecule has 2 aliphatic heterocycles. The van der Waals surface area contributed by atoms with Crippen molar-refractivity contribution in [3.05, 3.63) is 36.3 Å². The average Bonchev–Trinajstić information content (AvgIpc) is 2.93. The van der Waals surface area contributed by atoms with E-state index in [9.17, 15) is 13.2 Å². The molecule has 0 N–H and O–H groups in total. The Balaban J connectivity index is 1.68. The third-order valence-electron chi connectivity index (χ3n) is 5.13. The molecule has 22 heavy (non-hydrogen) atoms. The van der Waals surface area contributed by atoms with Gasteiger partial charge >= 0.3 is 0 Å². The maximum Gasteiger partial charge on any atom is 0.182 e. The summed E-state index contributed by atoms with van der Waals surface area (Å²) in [5.74, 6) is -0.137. The smallest absolute Gasteiger partial charge is 0.182 e. The van der Waals surface area contributed by atoms with Crippen LogP contribution in [0.2, 0.25) is 0 Å². The fourth-order valence-electron chi connectivity index (χ4n) is 3.98. The van der Waals surface area contributed by atoms with Gasteiger partial charge in [-0.3, -0.25) is 9.20 Å². The van der Waals surface area contributed by atoms with Crippen LogP contribution in [0.25, 0.3) is 5.65 Å². The Morgan fingerprint density at radius 3 is 2.64 bits per heavy atom. The summed E-state index contributed by atoms with van der Waals surface area (Å²) in [5.41, 5.74) is 1.35. The van der Waals surface area contributed by atoms with Crippen molar-refractivity contribution in [2.45, 2.75) is 42.6 Å². The van der Waals surface area contributed by atoms with Gasteiger partial charge in [-0.1, -0.05) is 12.5 Å². The monoisotopic (exact) mass is 318 g/mol. The standard InChI is InChI=1S/C16H18N2O3S/c19-16(14-5-2-6-15-17-7-8-18(14)15)11-9-12-3-1-4-13(10-11)22(12,20)21/h2,5-8,11-13H,1,3-4,9-10H2. The molecule has 0 amide bonds. The van der Waals surface area contributed by atoms with Crippen molar-refractivity contribution in [2.75, 3.05) is 0 Å². The van der Waals surface area contributed by atoms with Crippen molar-refractivity contribution >= 4 is 21.3 Å². The number of pyridine rings is 1. The molecule has 0 aliphatic carbocycles. The number of ketones is 1. The van der Waals surface area contributed by atoms with Gasteiger partial charge in [0, 0.05) is 18.3 Å². The number of carbonyl (C=O) groups excluding carboxylic acids is 1. The van der Waals surface area contributed by atoms with E-state index >= 15 is 0 Å². The van der Waals surface area contributed by atoms with Crippen molar-refractivity contribution in [3.63, 3.8) is 0 Å². The van der Waals surface area contributed by atoms with E-state index in [1.807, 2.05) is 12.1 Å². The number of Topliss-reactive ketones (excluding diaryl/α,β-unsaturated/α-hetero) is 1. The van der Waals surface area contributed by atoms with Gasteiger partial charge in [-0.05, 0) is 37.8 Å². The molecule has 2 bridgehead atoms. The summed E-state index contributed by atoms with van der Waals surface area (Å²) >= 11 is 0. The van der Waals surface area contributed by atoms with E-state index in [0.717, 1.165) is 12.1 Å². The van der Waals surface area contributed by atoms with Crippen molar-refractivity contribution in [2.24, 2.45) is 5.92 Å².